The molecule has 0 aromatic heterocycles. The van der Waals surface area contributed by atoms with Crippen molar-refractivity contribution in [1.29, 1.82) is 0 Å². The van der Waals surface area contributed by atoms with Gasteiger partial charge in [0.05, 0.1) is 5.02 Å². The van der Waals surface area contributed by atoms with E-state index in [0.29, 0.717) is 18.5 Å². The Morgan fingerprint density at radius 1 is 1.32 bits per heavy atom. The van der Waals surface area contributed by atoms with Crippen molar-refractivity contribution < 1.29 is 4.39 Å². The molecule has 19 heavy (non-hydrogen) atoms. The van der Waals surface area contributed by atoms with E-state index in [9.17, 15) is 4.39 Å². The molecule has 0 amide bonds. The van der Waals surface area contributed by atoms with E-state index in [2.05, 4.69) is 19.2 Å². The van der Waals surface area contributed by atoms with Crippen molar-refractivity contribution in [3.63, 3.8) is 0 Å². The molecular formula is C16H23ClFN. The van der Waals surface area contributed by atoms with Crippen molar-refractivity contribution in [1.82, 2.24) is 5.32 Å². The molecule has 1 aromatic rings. The second-order valence-electron chi connectivity index (χ2n) is 5.89. The summed E-state index contributed by atoms with van der Waals surface area (Å²) >= 11 is 5.99. The van der Waals surface area contributed by atoms with Gasteiger partial charge < -0.3 is 5.32 Å². The van der Waals surface area contributed by atoms with Crippen LogP contribution in [-0.2, 0) is 6.54 Å². The molecule has 3 heteroatoms. The molecule has 1 N–H and O–H groups in total. The number of nitrogens with one attached hydrogen (secondary N) is 1. The van der Waals surface area contributed by atoms with E-state index < -0.39 is 0 Å². The Morgan fingerprint density at radius 3 is 2.79 bits per heavy atom. The topological polar surface area (TPSA) is 12.0 Å². The minimum Gasteiger partial charge on any atom is -0.310 e. The average Bonchev–Trinajstić information content (AvgIpc) is 2.40. The van der Waals surface area contributed by atoms with Crippen LogP contribution in [0.5, 0.6) is 0 Å². The van der Waals surface area contributed by atoms with Gasteiger partial charge in [-0.25, -0.2) is 4.39 Å². The van der Waals surface area contributed by atoms with Gasteiger partial charge >= 0.3 is 0 Å². The monoisotopic (exact) mass is 283 g/mol. The van der Waals surface area contributed by atoms with E-state index in [1.165, 1.54) is 31.7 Å². The largest absolute Gasteiger partial charge is 0.310 e. The highest BCUT2D eigenvalue weighted by atomic mass is 35.5. The first-order chi connectivity index (χ1) is 9.09. The molecule has 2 rings (SSSR count). The van der Waals surface area contributed by atoms with Gasteiger partial charge in [-0.3, -0.25) is 0 Å². The third kappa shape index (κ3) is 3.70. The van der Waals surface area contributed by atoms with Gasteiger partial charge in [0.1, 0.15) is 5.82 Å². The summed E-state index contributed by atoms with van der Waals surface area (Å²) in [6.45, 7) is 5.24. The summed E-state index contributed by atoms with van der Waals surface area (Å²) in [6, 6.07) is 5.56. The quantitative estimate of drug-likeness (QED) is 0.838. The predicted octanol–water partition coefficient (Wildman–Crippen LogP) is 4.78. The molecule has 0 aliphatic heterocycles. The van der Waals surface area contributed by atoms with Gasteiger partial charge in [0.25, 0.3) is 0 Å². The highest BCUT2D eigenvalue weighted by molar-refractivity contribution is 6.31. The smallest absolute Gasteiger partial charge is 0.142 e. The van der Waals surface area contributed by atoms with Crippen LogP contribution >= 0.6 is 11.6 Å². The first kappa shape index (κ1) is 14.8. The Bertz CT molecular complexity index is 419. The molecule has 1 aliphatic carbocycles. The standard InChI is InChI=1S/C16H23ClFN/c1-11(2)13-7-3-4-9-15(13)19-10-12-6-5-8-14(18)16(12)17/h5-6,8,11,13,15,19H,3-4,7,9-10H2,1-2H3. The lowest BCUT2D eigenvalue weighted by Crippen LogP contribution is -2.40. The second kappa shape index (κ2) is 6.71. The van der Waals surface area contributed by atoms with E-state index in [-0.39, 0.29) is 10.8 Å². The zero-order valence-corrected chi connectivity index (χ0v) is 12.5. The highest BCUT2D eigenvalue weighted by Gasteiger charge is 2.27. The van der Waals surface area contributed by atoms with Crippen LogP contribution in [0.4, 0.5) is 4.39 Å². The summed E-state index contributed by atoms with van der Waals surface area (Å²) in [7, 11) is 0. The van der Waals surface area contributed by atoms with E-state index in [1.807, 2.05) is 6.07 Å². The molecule has 1 aromatic carbocycles. The van der Waals surface area contributed by atoms with E-state index >= 15 is 0 Å². The first-order valence-electron chi connectivity index (χ1n) is 7.26. The van der Waals surface area contributed by atoms with Crippen LogP contribution in [0, 0.1) is 17.7 Å². The van der Waals surface area contributed by atoms with Crippen molar-refractivity contribution in [2.45, 2.75) is 52.1 Å². The zero-order chi connectivity index (χ0) is 13.8. The van der Waals surface area contributed by atoms with Crippen LogP contribution in [0.25, 0.3) is 0 Å². The first-order valence-corrected chi connectivity index (χ1v) is 7.63. The summed E-state index contributed by atoms with van der Waals surface area (Å²) in [4.78, 5) is 0. The fourth-order valence-electron chi connectivity index (χ4n) is 3.14. The maximum atomic E-state index is 13.4. The molecule has 0 radical (unpaired) electrons. The summed E-state index contributed by atoms with van der Waals surface area (Å²) in [5.74, 6) is 1.09. The summed E-state index contributed by atoms with van der Waals surface area (Å²) in [5.41, 5.74) is 0.856. The van der Waals surface area contributed by atoms with Crippen LogP contribution in [0.15, 0.2) is 18.2 Å². The van der Waals surface area contributed by atoms with Crippen LogP contribution in [0.2, 0.25) is 5.02 Å². The molecule has 0 spiro atoms. The van der Waals surface area contributed by atoms with Crippen LogP contribution in [0.3, 0.4) is 0 Å². The maximum Gasteiger partial charge on any atom is 0.142 e. The number of hydrogen-bond donors (Lipinski definition) is 1. The van der Waals surface area contributed by atoms with Crippen molar-refractivity contribution in [2.75, 3.05) is 0 Å². The van der Waals surface area contributed by atoms with Gasteiger partial charge in [-0.15, -0.1) is 0 Å². The summed E-state index contributed by atoms with van der Waals surface area (Å²) < 4.78 is 13.4. The number of benzene rings is 1. The number of hydrogen-bond acceptors (Lipinski definition) is 1. The van der Waals surface area contributed by atoms with Crippen molar-refractivity contribution in [3.05, 3.63) is 34.6 Å². The van der Waals surface area contributed by atoms with Crippen molar-refractivity contribution in [2.24, 2.45) is 11.8 Å². The minimum atomic E-state index is -0.329. The summed E-state index contributed by atoms with van der Waals surface area (Å²) in [6.07, 6.45) is 5.14. The van der Waals surface area contributed by atoms with Gasteiger partial charge in [-0.05, 0) is 36.3 Å². The number of halogens is 2. The SMILES string of the molecule is CC(C)C1CCCCC1NCc1cccc(F)c1Cl. The molecule has 1 saturated carbocycles. The van der Waals surface area contributed by atoms with Gasteiger partial charge in [-0.2, -0.15) is 0 Å². The van der Waals surface area contributed by atoms with Crippen LogP contribution in [0.1, 0.15) is 45.1 Å². The zero-order valence-electron chi connectivity index (χ0n) is 11.8. The molecule has 2 unspecified atom stereocenters. The van der Waals surface area contributed by atoms with E-state index in [0.717, 1.165) is 11.5 Å². The molecule has 1 aliphatic rings. The fourth-order valence-corrected chi connectivity index (χ4v) is 3.33. The van der Waals surface area contributed by atoms with E-state index in [4.69, 9.17) is 11.6 Å². The predicted molar refractivity (Wildman–Crippen MR) is 78.8 cm³/mol. The fraction of sp³-hybridized carbons (Fsp3) is 0.625. The Kier molecular flexibility index (Phi) is 5.23. The lowest BCUT2D eigenvalue weighted by Gasteiger charge is -2.35. The summed E-state index contributed by atoms with van der Waals surface area (Å²) in [5, 5.41) is 3.84. The molecule has 106 valence electrons. The van der Waals surface area contributed by atoms with Gasteiger partial charge in [0.15, 0.2) is 0 Å². The molecule has 0 saturated heterocycles. The maximum absolute atomic E-state index is 13.4. The molecule has 0 heterocycles. The Morgan fingerprint density at radius 2 is 2.05 bits per heavy atom. The Balaban J connectivity index is 1.98. The highest BCUT2D eigenvalue weighted by Crippen LogP contribution is 2.30. The van der Waals surface area contributed by atoms with Crippen molar-refractivity contribution >= 4 is 11.6 Å². The van der Waals surface area contributed by atoms with Gasteiger partial charge in [-0.1, -0.05) is 50.4 Å². The lowest BCUT2D eigenvalue weighted by atomic mass is 9.78. The van der Waals surface area contributed by atoms with Crippen LogP contribution < -0.4 is 5.32 Å². The molecule has 2 atom stereocenters. The molecule has 0 bridgehead atoms. The number of rotatable bonds is 4. The Hall–Kier alpha value is -0.600. The normalized spacial score (nSPS) is 23.8. The van der Waals surface area contributed by atoms with Gasteiger partial charge in [0, 0.05) is 12.6 Å². The molecule has 1 nitrogen and oxygen atoms in total. The molecule has 1 fully saturated rings. The minimum absolute atomic E-state index is 0.256. The Labute approximate surface area is 120 Å². The second-order valence-corrected chi connectivity index (χ2v) is 6.27. The van der Waals surface area contributed by atoms with Crippen molar-refractivity contribution in [3.8, 4) is 0 Å². The lowest BCUT2D eigenvalue weighted by molar-refractivity contribution is 0.204. The van der Waals surface area contributed by atoms with Gasteiger partial charge in [0.2, 0.25) is 0 Å². The third-order valence-electron chi connectivity index (χ3n) is 4.26. The van der Waals surface area contributed by atoms with Crippen LogP contribution in [-0.4, -0.2) is 6.04 Å². The average molecular weight is 284 g/mol. The molecular weight excluding hydrogens is 261 g/mol. The van der Waals surface area contributed by atoms with E-state index in [1.54, 1.807) is 6.07 Å². The third-order valence-corrected chi connectivity index (χ3v) is 4.69.